The number of carbonyl (C=O) groups excluding carboxylic acids is 2. The van der Waals surface area contributed by atoms with Crippen molar-refractivity contribution < 1.29 is 18.4 Å². The number of para-hydroxylation sites is 1. The average molecular weight is 542 g/mol. The predicted molar refractivity (Wildman–Crippen MR) is 131 cm³/mol. The maximum absolute atomic E-state index is 14.7. The molecule has 0 N–H and O–H groups in total. The van der Waals surface area contributed by atoms with Gasteiger partial charge in [0, 0.05) is 32.4 Å². The van der Waals surface area contributed by atoms with Gasteiger partial charge in [-0.05, 0) is 79.2 Å². The third-order valence-electron chi connectivity index (χ3n) is 5.11. The molecule has 0 aliphatic carbocycles. The van der Waals surface area contributed by atoms with Gasteiger partial charge in [0.25, 0.3) is 5.91 Å². The molecule has 4 nitrogen and oxygen atoms in total. The van der Waals surface area contributed by atoms with Crippen LogP contribution in [0.5, 0.6) is 0 Å². The second-order valence-corrected chi connectivity index (χ2v) is 8.74. The van der Waals surface area contributed by atoms with Crippen molar-refractivity contribution in [1.29, 1.82) is 0 Å². The number of halogens is 4. The molecule has 0 aliphatic rings. The zero-order chi connectivity index (χ0) is 24.4. The van der Waals surface area contributed by atoms with E-state index in [1.54, 1.807) is 37.3 Å². The molecule has 0 atom stereocenters. The average Bonchev–Trinajstić information content (AvgIpc) is 2.83. The van der Waals surface area contributed by atoms with Gasteiger partial charge in [0.15, 0.2) is 5.78 Å². The molecule has 0 fully saturated rings. The lowest BCUT2D eigenvalue weighted by Gasteiger charge is -2.23. The molecular formula is C26H16BrClF2N2O2. The smallest absolute Gasteiger partial charge is 0.264 e. The van der Waals surface area contributed by atoms with Crippen LogP contribution in [0.3, 0.4) is 0 Å². The van der Waals surface area contributed by atoms with Crippen LogP contribution >= 0.6 is 27.5 Å². The van der Waals surface area contributed by atoms with Gasteiger partial charge in [0.1, 0.15) is 23.1 Å². The molecule has 0 bridgehead atoms. The number of pyridine rings is 1. The molecular weight excluding hydrogens is 526 g/mol. The first-order valence-corrected chi connectivity index (χ1v) is 11.2. The molecule has 8 heteroatoms. The molecule has 0 saturated heterocycles. The van der Waals surface area contributed by atoms with E-state index in [2.05, 4.69) is 20.9 Å². The van der Waals surface area contributed by atoms with Crippen LogP contribution in [0.2, 0.25) is 5.02 Å². The lowest BCUT2D eigenvalue weighted by molar-refractivity contribution is 0.0996. The molecule has 4 aromatic rings. The number of hydrogen-bond donors (Lipinski definition) is 0. The van der Waals surface area contributed by atoms with Gasteiger partial charge < -0.3 is 0 Å². The molecule has 0 unspecified atom stereocenters. The Morgan fingerprint density at radius 3 is 2.09 bits per heavy atom. The molecule has 1 amide bonds. The van der Waals surface area contributed by atoms with E-state index in [-0.39, 0.29) is 22.7 Å². The number of anilines is 2. The fraction of sp³-hybridized carbons (Fsp3) is 0.0385. The van der Waals surface area contributed by atoms with Gasteiger partial charge in [-0.3, -0.25) is 14.5 Å². The van der Waals surface area contributed by atoms with Crippen molar-refractivity contribution in [2.24, 2.45) is 0 Å². The van der Waals surface area contributed by atoms with Crippen LogP contribution in [0.1, 0.15) is 31.8 Å². The Bertz CT molecular complexity index is 1370. The first-order chi connectivity index (χ1) is 16.3. The molecule has 0 aliphatic heterocycles. The Morgan fingerprint density at radius 1 is 0.882 bits per heavy atom. The Balaban J connectivity index is 1.76. The second-order valence-electron chi connectivity index (χ2n) is 7.42. The number of rotatable bonds is 5. The van der Waals surface area contributed by atoms with Gasteiger partial charge in [0.2, 0.25) is 0 Å². The quantitative estimate of drug-likeness (QED) is 0.249. The first kappa shape index (κ1) is 23.7. The number of amides is 1. The fourth-order valence-electron chi connectivity index (χ4n) is 3.35. The minimum Gasteiger partial charge on any atom is -0.289 e. The van der Waals surface area contributed by atoms with Crippen LogP contribution in [0.15, 0.2) is 83.5 Å². The number of hydrogen-bond acceptors (Lipinski definition) is 3. The molecule has 170 valence electrons. The Morgan fingerprint density at radius 2 is 1.50 bits per heavy atom. The van der Waals surface area contributed by atoms with Crippen molar-refractivity contribution >= 4 is 50.7 Å². The van der Waals surface area contributed by atoms with Crippen LogP contribution in [-0.2, 0) is 0 Å². The maximum Gasteiger partial charge on any atom is 0.264 e. The summed E-state index contributed by atoms with van der Waals surface area (Å²) in [5.41, 5.74) is 1.05. The van der Waals surface area contributed by atoms with Gasteiger partial charge in [-0.2, -0.15) is 0 Å². The van der Waals surface area contributed by atoms with Gasteiger partial charge in [-0.25, -0.2) is 13.8 Å². The highest BCUT2D eigenvalue weighted by atomic mass is 79.9. The molecule has 0 spiro atoms. The van der Waals surface area contributed by atoms with Crippen molar-refractivity contribution in [2.45, 2.75) is 6.92 Å². The molecule has 1 heterocycles. The minimum atomic E-state index is -0.927. The van der Waals surface area contributed by atoms with E-state index in [9.17, 15) is 18.4 Å². The van der Waals surface area contributed by atoms with E-state index in [0.717, 1.165) is 27.1 Å². The number of ketones is 1. The van der Waals surface area contributed by atoms with Crippen LogP contribution in [-0.4, -0.2) is 16.7 Å². The van der Waals surface area contributed by atoms with Crippen LogP contribution in [0.4, 0.5) is 20.3 Å². The molecule has 34 heavy (non-hydrogen) atoms. The summed E-state index contributed by atoms with van der Waals surface area (Å²) in [6.45, 7) is 1.79. The Hall–Kier alpha value is -3.42. The second kappa shape index (κ2) is 9.83. The largest absolute Gasteiger partial charge is 0.289 e. The topological polar surface area (TPSA) is 50.3 Å². The van der Waals surface area contributed by atoms with Crippen molar-refractivity contribution in [3.05, 3.63) is 122 Å². The minimum absolute atomic E-state index is 0.0410. The summed E-state index contributed by atoms with van der Waals surface area (Å²) in [6, 6.07) is 17.4. The van der Waals surface area contributed by atoms with E-state index in [1.165, 1.54) is 36.5 Å². The Labute approximate surface area is 208 Å². The number of benzene rings is 3. The van der Waals surface area contributed by atoms with Gasteiger partial charge in [0.05, 0.1) is 0 Å². The van der Waals surface area contributed by atoms with E-state index in [4.69, 9.17) is 11.6 Å². The summed E-state index contributed by atoms with van der Waals surface area (Å²) >= 11 is 9.33. The first-order valence-electron chi connectivity index (χ1n) is 10.1. The van der Waals surface area contributed by atoms with Crippen molar-refractivity contribution in [3.63, 3.8) is 0 Å². The highest BCUT2D eigenvalue weighted by molar-refractivity contribution is 9.10. The highest BCUT2D eigenvalue weighted by Gasteiger charge is 2.27. The van der Waals surface area contributed by atoms with Gasteiger partial charge >= 0.3 is 0 Å². The van der Waals surface area contributed by atoms with Crippen LogP contribution < -0.4 is 4.90 Å². The van der Waals surface area contributed by atoms with E-state index >= 15 is 0 Å². The Kier molecular flexibility index (Phi) is 6.86. The standard InChI is InChI=1S/C26H16BrClF2N2O2/c1-15-13-17(7-11-20(15)28)25(33)18-8-12-23(31-14-18)32(24-21(29)3-2-4-22(24)30)26(34)16-5-9-19(27)10-6-16/h2-14H,1H3. The molecule has 3 aromatic carbocycles. The van der Waals surface area contributed by atoms with Crippen molar-refractivity contribution in [3.8, 4) is 0 Å². The SMILES string of the molecule is Cc1cc(C(=O)c2ccc(N(C(=O)c3ccc(Br)cc3)c3c(F)cccc3F)nc2)ccc1Cl. The molecule has 0 radical (unpaired) electrons. The number of carbonyl (C=O) groups is 2. The summed E-state index contributed by atoms with van der Waals surface area (Å²) in [4.78, 5) is 31.3. The number of nitrogens with zero attached hydrogens (tertiary/aromatic N) is 2. The zero-order valence-electron chi connectivity index (χ0n) is 17.7. The van der Waals surface area contributed by atoms with E-state index < -0.39 is 23.2 Å². The van der Waals surface area contributed by atoms with E-state index in [0.29, 0.717) is 10.6 Å². The summed E-state index contributed by atoms with van der Waals surface area (Å²) in [6.07, 6.45) is 1.27. The van der Waals surface area contributed by atoms with Crippen molar-refractivity contribution in [1.82, 2.24) is 4.98 Å². The highest BCUT2D eigenvalue weighted by Crippen LogP contribution is 2.31. The molecule has 0 saturated carbocycles. The van der Waals surface area contributed by atoms with Crippen LogP contribution in [0.25, 0.3) is 0 Å². The van der Waals surface area contributed by atoms with Crippen molar-refractivity contribution in [2.75, 3.05) is 4.90 Å². The summed E-state index contributed by atoms with van der Waals surface area (Å²) in [5.74, 6) is -2.88. The summed E-state index contributed by atoms with van der Waals surface area (Å²) in [7, 11) is 0. The monoisotopic (exact) mass is 540 g/mol. The number of aryl methyl sites for hydroxylation is 1. The van der Waals surface area contributed by atoms with E-state index in [1.807, 2.05) is 0 Å². The normalized spacial score (nSPS) is 10.7. The fourth-order valence-corrected chi connectivity index (χ4v) is 3.73. The third-order valence-corrected chi connectivity index (χ3v) is 6.07. The maximum atomic E-state index is 14.7. The zero-order valence-corrected chi connectivity index (χ0v) is 20.1. The lowest BCUT2D eigenvalue weighted by Crippen LogP contribution is -2.28. The third kappa shape index (κ3) is 4.76. The van der Waals surface area contributed by atoms with Crippen LogP contribution in [0, 0.1) is 18.6 Å². The molecule has 4 rings (SSSR count). The number of aromatic nitrogens is 1. The lowest BCUT2D eigenvalue weighted by atomic mass is 10.0. The predicted octanol–water partition coefficient (Wildman–Crippen LogP) is 7.29. The van der Waals surface area contributed by atoms with Gasteiger partial charge in [-0.1, -0.05) is 33.6 Å². The summed E-state index contributed by atoms with van der Waals surface area (Å²) in [5, 5.41) is 0.541. The van der Waals surface area contributed by atoms with Gasteiger partial charge in [-0.15, -0.1) is 0 Å². The molecule has 1 aromatic heterocycles. The summed E-state index contributed by atoms with van der Waals surface area (Å²) < 4.78 is 30.1.